The van der Waals surface area contributed by atoms with Crippen LogP contribution in [0.25, 0.3) is 10.9 Å². The average molecular weight is 218 g/mol. The Morgan fingerprint density at radius 2 is 1.75 bits per heavy atom. The first kappa shape index (κ1) is 10.7. The van der Waals surface area contributed by atoms with Gasteiger partial charge in [0.15, 0.2) is 0 Å². The molecule has 0 unspecified atom stereocenters. The molecule has 1 aromatic carbocycles. The number of hydrogen-bond acceptors (Lipinski definition) is 4. The molecular formula is C12H14N2O2. The van der Waals surface area contributed by atoms with Crippen molar-refractivity contribution in [2.24, 2.45) is 0 Å². The zero-order valence-electron chi connectivity index (χ0n) is 9.43. The molecule has 2 aromatic rings. The van der Waals surface area contributed by atoms with Crippen molar-refractivity contribution in [3.8, 4) is 11.5 Å². The third-order valence-electron chi connectivity index (χ3n) is 2.20. The van der Waals surface area contributed by atoms with Crippen LogP contribution in [0.3, 0.4) is 0 Å². The van der Waals surface area contributed by atoms with Gasteiger partial charge in [0.25, 0.3) is 0 Å². The van der Waals surface area contributed by atoms with E-state index in [1.165, 1.54) is 6.33 Å². The van der Waals surface area contributed by atoms with Gasteiger partial charge in [0.2, 0.25) is 0 Å². The van der Waals surface area contributed by atoms with Gasteiger partial charge >= 0.3 is 0 Å². The van der Waals surface area contributed by atoms with Crippen molar-refractivity contribution in [2.75, 3.05) is 13.2 Å². The van der Waals surface area contributed by atoms with Gasteiger partial charge < -0.3 is 9.47 Å². The average Bonchev–Trinajstić information content (AvgIpc) is 2.33. The number of aromatic nitrogens is 2. The predicted octanol–water partition coefficient (Wildman–Crippen LogP) is 2.43. The fourth-order valence-electron chi connectivity index (χ4n) is 1.58. The van der Waals surface area contributed by atoms with Crippen LogP contribution >= 0.6 is 0 Å². The van der Waals surface area contributed by atoms with Crippen LogP contribution in [0, 0.1) is 0 Å². The minimum atomic E-state index is 0.618. The molecule has 0 fully saturated rings. The summed E-state index contributed by atoms with van der Waals surface area (Å²) in [5, 5.41) is 0.885. The monoisotopic (exact) mass is 218 g/mol. The Morgan fingerprint density at radius 1 is 1.06 bits per heavy atom. The van der Waals surface area contributed by atoms with Crippen LogP contribution in [-0.4, -0.2) is 23.2 Å². The second kappa shape index (κ2) is 4.79. The van der Waals surface area contributed by atoms with Gasteiger partial charge in [-0.05, 0) is 26.0 Å². The van der Waals surface area contributed by atoms with Crippen molar-refractivity contribution in [3.63, 3.8) is 0 Å². The van der Waals surface area contributed by atoms with Crippen molar-refractivity contribution in [3.05, 3.63) is 24.7 Å². The lowest BCUT2D eigenvalue weighted by molar-refractivity contribution is 0.336. The highest BCUT2D eigenvalue weighted by molar-refractivity contribution is 5.89. The van der Waals surface area contributed by atoms with E-state index in [0.29, 0.717) is 13.2 Å². The summed E-state index contributed by atoms with van der Waals surface area (Å²) in [4.78, 5) is 8.24. The molecule has 0 aliphatic rings. The normalized spacial score (nSPS) is 10.4. The van der Waals surface area contributed by atoms with Gasteiger partial charge in [0, 0.05) is 6.20 Å². The van der Waals surface area contributed by atoms with Gasteiger partial charge in [0.1, 0.15) is 23.3 Å². The summed E-state index contributed by atoms with van der Waals surface area (Å²) in [6.45, 7) is 5.14. The second-order valence-electron chi connectivity index (χ2n) is 3.21. The molecule has 0 saturated carbocycles. The third kappa shape index (κ3) is 1.91. The first-order valence-corrected chi connectivity index (χ1v) is 5.35. The molecule has 0 aliphatic carbocycles. The largest absolute Gasteiger partial charge is 0.493 e. The van der Waals surface area contributed by atoms with E-state index in [9.17, 15) is 0 Å². The van der Waals surface area contributed by atoms with Gasteiger partial charge in [-0.15, -0.1) is 0 Å². The summed E-state index contributed by atoms with van der Waals surface area (Å²) in [7, 11) is 0. The van der Waals surface area contributed by atoms with E-state index >= 15 is 0 Å². The molecule has 0 radical (unpaired) electrons. The van der Waals surface area contributed by atoms with E-state index in [1.807, 2.05) is 26.0 Å². The highest BCUT2D eigenvalue weighted by Crippen LogP contribution is 2.30. The second-order valence-corrected chi connectivity index (χ2v) is 3.21. The standard InChI is InChI=1S/C12H14N2O2/c1-3-15-10-5-6-11(16-4-2)12-9(10)7-13-8-14-12/h5-8H,3-4H2,1-2H3. The summed E-state index contributed by atoms with van der Waals surface area (Å²) >= 11 is 0. The maximum Gasteiger partial charge on any atom is 0.145 e. The zero-order valence-corrected chi connectivity index (χ0v) is 9.43. The number of fused-ring (bicyclic) bond motifs is 1. The Morgan fingerprint density at radius 3 is 2.50 bits per heavy atom. The SMILES string of the molecule is CCOc1ccc(OCC)c2ncncc12. The lowest BCUT2D eigenvalue weighted by Gasteiger charge is -2.10. The Bertz CT molecular complexity index is 441. The minimum absolute atomic E-state index is 0.618. The fraction of sp³-hybridized carbons (Fsp3) is 0.333. The Hall–Kier alpha value is -1.84. The van der Waals surface area contributed by atoms with Gasteiger partial charge in [-0.3, -0.25) is 0 Å². The van der Waals surface area contributed by atoms with E-state index in [-0.39, 0.29) is 0 Å². The summed E-state index contributed by atoms with van der Waals surface area (Å²) < 4.78 is 11.0. The Labute approximate surface area is 94.2 Å². The minimum Gasteiger partial charge on any atom is -0.493 e. The van der Waals surface area contributed by atoms with Crippen LogP contribution in [0.15, 0.2) is 24.7 Å². The summed E-state index contributed by atoms with van der Waals surface area (Å²) in [6.07, 6.45) is 3.26. The van der Waals surface area contributed by atoms with E-state index in [2.05, 4.69) is 9.97 Å². The molecule has 4 nitrogen and oxygen atoms in total. The lowest BCUT2D eigenvalue weighted by Crippen LogP contribution is -1.97. The van der Waals surface area contributed by atoms with Crippen LogP contribution < -0.4 is 9.47 Å². The van der Waals surface area contributed by atoms with Crippen molar-refractivity contribution in [1.29, 1.82) is 0 Å². The molecule has 0 amide bonds. The van der Waals surface area contributed by atoms with Crippen LogP contribution in [0.2, 0.25) is 0 Å². The molecule has 84 valence electrons. The third-order valence-corrected chi connectivity index (χ3v) is 2.20. The smallest absolute Gasteiger partial charge is 0.145 e. The van der Waals surface area contributed by atoms with Gasteiger partial charge in [-0.25, -0.2) is 9.97 Å². The Balaban J connectivity index is 2.57. The highest BCUT2D eigenvalue weighted by atomic mass is 16.5. The molecule has 16 heavy (non-hydrogen) atoms. The highest BCUT2D eigenvalue weighted by Gasteiger charge is 2.08. The maximum atomic E-state index is 5.52. The maximum absolute atomic E-state index is 5.52. The topological polar surface area (TPSA) is 44.2 Å². The fourth-order valence-corrected chi connectivity index (χ4v) is 1.58. The van der Waals surface area contributed by atoms with Crippen LogP contribution in [0.4, 0.5) is 0 Å². The Kier molecular flexibility index (Phi) is 3.19. The first-order valence-electron chi connectivity index (χ1n) is 5.35. The van der Waals surface area contributed by atoms with Gasteiger partial charge in [-0.2, -0.15) is 0 Å². The lowest BCUT2D eigenvalue weighted by atomic mass is 10.2. The number of ether oxygens (including phenoxy) is 2. The summed E-state index contributed by atoms with van der Waals surface area (Å²) in [6, 6.07) is 3.77. The molecule has 0 N–H and O–H groups in total. The molecule has 0 atom stereocenters. The van der Waals surface area contributed by atoms with E-state index in [1.54, 1.807) is 6.20 Å². The van der Waals surface area contributed by atoms with Crippen molar-refractivity contribution >= 4 is 10.9 Å². The van der Waals surface area contributed by atoms with E-state index < -0.39 is 0 Å². The predicted molar refractivity (Wildman–Crippen MR) is 61.9 cm³/mol. The molecule has 0 bridgehead atoms. The summed E-state index contributed by atoms with van der Waals surface area (Å²) in [5.74, 6) is 1.56. The molecule has 2 rings (SSSR count). The van der Waals surface area contributed by atoms with E-state index in [0.717, 1.165) is 22.4 Å². The molecule has 0 aliphatic heterocycles. The summed E-state index contributed by atoms with van der Waals surface area (Å²) in [5.41, 5.74) is 0.794. The molecule has 1 aromatic heterocycles. The number of rotatable bonds is 4. The van der Waals surface area contributed by atoms with Crippen molar-refractivity contribution in [2.45, 2.75) is 13.8 Å². The van der Waals surface area contributed by atoms with Crippen molar-refractivity contribution < 1.29 is 9.47 Å². The molecule has 1 heterocycles. The number of benzene rings is 1. The first-order chi connectivity index (χ1) is 7.86. The number of hydrogen-bond donors (Lipinski definition) is 0. The molecule has 0 spiro atoms. The van der Waals surface area contributed by atoms with Crippen LogP contribution in [0.1, 0.15) is 13.8 Å². The molecular weight excluding hydrogens is 204 g/mol. The van der Waals surface area contributed by atoms with Gasteiger partial charge in [-0.1, -0.05) is 0 Å². The van der Waals surface area contributed by atoms with Crippen molar-refractivity contribution in [1.82, 2.24) is 9.97 Å². The molecule has 0 saturated heterocycles. The zero-order chi connectivity index (χ0) is 11.4. The van der Waals surface area contributed by atoms with Crippen LogP contribution in [0.5, 0.6) is 11.5 Å². The quantitative estimate of drug-likeness (QED) is 0.790. The van der Waals surface area contributed by atoms with Crippen LogP contribution in [-0.2, 0) is 0 Å². The molecule has 4 heteroatoms. The number of nitrogens with zero attached hydrogens (tertiary/aromatic N) is 2. The van der Waals surface area contributed by atoms with Gasteiger partial charge in [0.05, 0.1) is 18.6 Å². The van der Waals surface area contributed by atoms with E-state index in [4.69, 9.17) is 9.47 Å².